The van der Waals surface area contributed by atoms with Crippen molar-refractivity contribution in [1.29, 1.82) is 0 Å². The molecule has 1 saturated heterocycles. The summed E-state index contributed by atoms with van der Waals surface area (Å²) < 4.78 is 17.4. The number of aliphatic hydroxyl groups excluding tert-OH is 2. The number of furan rings is 1. The maximum atomic E-state index is 12.7. The molecule has 0 radical (unpaired) electrons. The molecule has 5 rings (SSSR count). The van der Waals surface area contributed by atoms with E-state index in [1.807, 2.05) is 13.0 Å². The van der Waals surface area contributed by atoms with Gasteiger partial charge in [0.15, 0.2) is 0 Å². The third-order valence-corrected chi connectivity index (χ3v) is 8.89. The zero-order chi connectivity index (χ0) is 22.0. The standard InChI is InChI=1S/C25H32O6/c1-23-8-7-21(27)24(2,14-26)19(23)6-9-25(3)20(23)13-18(31-25)17-12-16(30-22(17)28)11-15-5-4-10-29-15/h4-5,10-12,18-21,26-27H,6-9,13-14H2,1-3H3/b16-11-/t18?,19-,20-,21+,23+,24-,25+/m0/s1. The summed E-state index contributed by atoms with van der Waals surface area (Å²) >= 11 is 0. The van der Waals surface area contributed by atoms with Crippen LogP contribution in [0.2, 0.25) is 0 Å². The molecule has 1 unspecified atom stereocenters. The van der Waals surface area contributed by atoms with E-state index in [9.17, 15) is 15.0 Å². The Bertz CT molecular complexity index is 932. The number of carbonyl (C=O) groups excluding carboxylic acids is 1. The number of esters is 1. The molecule has 168 valence electrons. The minimum atomic E-state index is -0.503. The molecule has 7 atom stereocenters. The molecule has 4 aliphatic rings. The van der Waals surface area contributed by atoms with Crippen molar-refractivity contribution in [3.05, 3.63) is 41.6 Å². The van der Waals surface area contributed by atoms with Gasteiger partial charge in [-0.1, -0.05) is 13.8 Å². The summed E-state index contributed by atoms with van der Waals surface area (Å²) in [6.45, 7) is 6.48. The minimum absolute atomic E-state index is 0.0133. The molecule has 6 nitrogen and oxygen atoms in total. The van der Waals surface area contributed by atoms with E-state index in [0.29, 0.717) is 23.5 Å². The molecule has 0 aromatic carbocycles. The van der Waals surface area contributed by atoms with Crippen molar-refractivity contribution >= 4 is 12.0 Å². The Morgan fingerprint density at radius 1 is 1.19 bits per heavy atom. The van der Waals surface area contributed by atoms with Crippen molar-refractivity contribution in [3.63, 3.8) is 0 Å². The van der Waals surface area contributed by atoms with Crippen LogP contribution < -0.4 is 0 Å². The van der Waals surface area contributed by atoms with Crippen molar-refractivity contribution in [2.75, 3.05) is 6.61 Å². The van der Waals surface area contributed by atoms with Crippen molar-refractivity contribution in [2.24, 2.45) is 22.7 Å². The second-order valence-corrected chi connectivity index (χ2v) is 10.6. The van der Waals surface area contributed by atoms with Crippen LogP contribution in [0.1, 0.15) is 58.6 Å². The number of aliphatic hydroxyl groups is 2. The summed E-state index contributed by atoms with van der Waals surface area (Å²) in [5.41, 5.74) is -0.330. The second kappa shape index (κ2) is 7.06. The molecule has 2 saturated carbocycles. The van der Waals surface area contributed by atoms with E-state index in [-0.39, 0.29) is 41.5 Å². The third-order valence-electron chi connectivity index (χ3n) is 8.89. The Kier molecular flexibility index (Phi) is 4.78. The van der Waals surface area contributed by atoms with E-state index in [2.05, 4.69) is 13.8 Å². The molecule has 0 bridgehead atoms. The molecule has 6 heteroatoms. The summed E-state index contributed by atoms with van der Waals surface area (Å²) in [7, 11) is 0. The Morgan fingerprint density at radius 3 is 2.71 bits per heavy atom. The maximum absolute atomic E-state index is 12.7. The van der Waals surface area contributed by atoms with E-state index in [4.69, 9.17) is 13.9 Å². The van der Waals surface area contributed by atoms with Crippen LogP contribution in [0.15, 0.2) is 40.2 Å². The van der Waals surface area contributed by atoms with Gasteiger partial charge in [-0.2, -0.15) is 0 Å². The van der Waals surface area contributed by atoms with E-state index in [1.165, 1.54) is 0 Å². The first-order valence-electron chi connectivity index (χ1n) is 11.4. The average molecular weight is 429 g/mol. The SMILES string of the molecule is C[C@]1(CO)[C@H]2CC[C@@]3(C)OC(C4=C/C(=C/c5ccco5)OC4=O)C[C@H]3[C@]2(C)CC[C@H]1O. The fourth-order valence-electron chi connectivity index (χ4n) is 7.19. The lowest BCUT2D eigenvalue weighted by Crippen LogP contribution is -2.61. The number of rotatable bonds is 3. The molecule has 0 spiro atoms. The monoisotopic (exact) mass is 428 g/mol. The fraction of sp³-hybridized carbons (Fsp3) is 0.640. The second-order valence-electron chi connectivity index (χ2n) is 10.6. The van der Waals surface area contributed by atoms with Crippen LogP contribution >= 0.6 is 0 Å². The van der Waals surface area contributed by atoms with Crippen molar-refractivity contribution in [1.82, 2.24) is 0 Å². The van der Waals surface area contributed by atoms with E-state index in [0.717, 1.165) is 25.7 Å². The molecule has 3 heterocycles. The van der Waals surface area contributed by atoms with Crippen LogP contribution in [0.4, 0.5) is 0 Å². The highest BCUT2D eigenvalue weighted by Gasteiger charge is 2.65. The lowest BCUT2D eigenvalue weighted by atomic mass is 9.44. The van der Waals surface area contributed by atoms with Crippen LogP contribution in [-0.4, -0.2) is 40.6 Å². The van der Waals surface area contributed by atoms with Gasteiger partial charge < -0.3 is 24.1 Å². The smallest absolute Gasteiger partial charge is 0.342 e. The number of allylic oxidation sites excluding steroid dienone is 1. The number of carbonyl (C=O) groups is 1. The maximum Gasteiger partial charge on any atom is 0.342 e. The first kappa shape index (κ1) is 21.0. The number of cyclic esters (lactones) is 1. The molecular formula is C25H32O6. The molecule has 2 N–H and O–H groups in total. The summed E-state index contributed by atoms with van der Waals surface area (Å²) in [5, 5.41) is 20.9. The predicted molar refractivity (Wildman–Crippen MR) is 114 cm³/mol. The number of hydrogen-bond donors (Lipinski definition) is 2. The lowest BCUT2D eigenvalue weighted by Gasteiger charge is -2.61. The number of ether oxygens (including phenoxy) is 2. The molecule has 1 aromatic heterocycles. The van der Waals surface area contributed by atoms with Gasteiger partial charge in [0, 0.05) is 11.5 Å². The highest BCUT2D eigenvalue weighted by atomic mass is 16.6. The molecular weight excluding hydrogens is 396 g/mol. The normalized spacial score (nSPS) is 45.9. The van der Waals surface area contributed by atoms with Gasteiger partial charge in [0.2, 0.25) is 0 Å². The Balaban J connectivity index is 1.44. The number of hydrogen-bond acceptors (Lipinski definition) is 6. The van der Waals surface area contributed by atoms with Crippen molar-refractivity contribution in [3.8, 4) is 0 Å². The van der Waals surface area contributed by atoms with E-state index in [1.54, 1.807) is 24.5 Å². The van der Waals surface area contributed by atoms with Gasteiger partial charge in [0.1, 0.15) is 11.5 Å². The molecule has 1 aromatic rings. The van der Waals surface area contributed by atoms with Crippen LogP contribution in [0.25, 0.3) is 6.08 Å². The highest BCUT2D eigenvalue weighted by molar-refractivity contribution is 5.94. The molecule has 31 heavy (non-hydrogen) atoms. The molecule has 0 amide bonds. The van der Waals surface area contributed by atoms with Crippen LogP contribution in [0.3, 0.4) is 0 Å². The Hall–Kier alpha value is -1.89. The quantitative estimate of drug-likeness (QED) is 0.711. The number of fused-ring (bicyclic) bond motifs is 3. The molecule has 2 aliphatic heterocycles. The minimum Gasteiger partial charge on any atom is -0.465 e. The van der Waals surface area contributed by atoms with Gasteiger partial charge >= 0.3 is 5.97 Å². The van der Waals surface area contributed by atoms with Gasteiger partial charge in [-0.3, -0.25) is 0 Å². The van der Waals surface area contributed by atoms with Gasteiger partial charge in [0.25, 0.3) is 0 Å². The third kappa shape index (κ3) is 3.06. The fourth-order valence-corrected chi connectivity index (χ4v) is 7.19. The van der Waals surface area contributed by atoms with Gasteiger partial charge in [-0.05, 0) is 74.5 Å². The predicted octanol–water partition coefficient (Wildman–Crippen LogP) is 3.84. The van der Waals surface area contributed by atoms with Gasteiger partial charge in [-0.25, -0.2) is 4.79 Å². The van der Waals surface area contributed by atoms with Crippen LogP contribution in [-0.2, 0) is 14.3 Å². The Labute approximate surface area is 182 Å². The van der Waals surface area contributed by atoms with E-state index < -0.39 is 11.5 Å². The van der Waals surface area contributed by atoms with Crippen molar-refractivity contribution < 1.29 is 28.9 Å². The largest absolute Gasteiger partial charge is 0.465 e. The molecule has 2 aliphatic carbocycles. The first-order chi connectivity index (χ1) is 14.7. The summed E-state index contributed by atoms with van der Waals surface area (Å²) in [4.78, 5) is 12.7. The lowest BCUT2D eigenvalue weighted by molar-refractivity contribution is -0.197. The highest BCUT2D eigenvalue weighted by Crippen LogP contribution is 2.66. The topological polar surface area (TPSA) is 89.1 Å². The summed E-state index contributed by atoms with van der Waals surface area (Å²) in [6.07, 6.45) is 8.35. The average Bonchev–Trinajstić information content (AvgIpc) is 3.45. The van der Waals surface area contributed by atoms with Crippen molar-refractivity contribution in [2.45, 2.75) is 70.7 Å². The summed E-state index contributed by atoms with van der Waals surface area (Å²) in [6, 6.07) is 3.60. The molecule has 3 fully saturated rings. The zero-order valence-corrected chi connectivity index (χ0v) is 18.5. The van der Waals surface area contributed by atoms with Gasteiger partial charge in [-0.15, -0.1) is 0 Å². The van der Waals surface area contributed by atoms with Crippen LogP contribution in [0.5, 0.6) is 0 Å². The van der Waals surface area contributed by atoms with E-state index >= 15 is 0 Å². The zero-order valence-electron chi connectivity index (χ0n) is 18.5. The Morgan fingerprint density at radius 2 is 2.00 bits per heavy atom. The summed E-state index contributed by atoms with van der Waals surface area (Å²) in [5.74, 6) is 1.21. The van der Waals surface area contributed by atoms with Gasteiger partial charge in [0.05, 0.1) is 36.3 Å². The van der Waals surface area contributed by atoms with Crippen LogP contribution in [0, 0.1) is 22.7 Å². The first-order valence-corrected chi connectivity index (χ1v) is 11.4.